The van der Waals surface area contributed by atoms with Gasteiger partial charge in [0, 0.05) is 11.4 Å². The molecule has 2 N–H and O–H groups in total. The lowest BCUT2D eigenvalue weighted by Crippen LogP contribution is -2.29. The molecule has 0 aliphatic carbocycles. The van der Waals surface area contributed by atoms with Gasteiger partial charge in [0.25, 0.3) is 0 Å². The van der Waals surface area contributed by atoms with Crippen LogP contribution in [0.25, 0.3) is 0 Å². The summed E-state index contributed by atoms with van der Waals surface area (Å²) in [6.07, 6.45) is 0. The van der Waals surface area contributed by atoms with Crippen molar-refractivity contribution in [1.82, 2.24) is 0 Å². The lowest BCUT2D eigenvalue weighted by Gasteiger charge is -2.12. The van der Waals surface area contributed by atoms with E-state index in [4.69, 9.17) is 0 Å². The molecule has 22 heavy (non-hydrogen) atoms. The maximum absolute atomic E-state index is 12.1. The van der Waals surface area contributed by atoms with Gasteiger partial charge in [-0.25, -0.2) is 0 Å². The van der Waals surface area contributed by atoms with Crippen molar-refractivity contribution in [3.8, 4) is 0 Å². The smallest absolute Gasteiger partial charge is 0.314 e. The lowest BCUT2D eigenvalue weighted by molar-refractivity contribution is -0.133. The zero-order chi connectivity index (χ0) is 16.3. The third kappa shape index (κ3) is 3.52. The highest BCUT2D eigenvalue weighted by atomic mass is 16.2. The van der Waals surface area contributed by atoms with E-state index in [1.165, 1.54) is 0 Å². The molecule has 2 rings (SSSR count). The number of benzene rings is 2. The van der Waals surface area contributed by atoms with E-state index >= 15 is 0 Å². The molecule has 4 nitrogen and oxygen atoms in total. The second-order valence-corrected chi connectivity index (χ2v) is 5.49. The van der Waals surface area contributed by atoms with Crippen molar-refractivity contribution >= 4 is 23.2 Å². The zero-order valence-corrected chi connectivity index (χ0v) is 13.3. The number of nitrogens with one attached hydrogen (secondary N) is 2. The largest absolute Gasteiger partial charge is 0.318 e. The summed E-state index contributed by atoms with van der Waals surface area (Å²) in [6, 6.07) is 11.4. The molecule has 0 bridgehead atoms. The summed E-state index contributed by atoms with van der Waals surface area (Å²) >= 11 is 0. The minimum Gasteiger partial charge on any atom is -0.318 e. The van der Waals surface area contributed by atoms with Gasteiger partial charge in [-0.05, 0) is 50.5 Å². The zero-order valence-electron chi connectivity index (χ0n) is 13.3. The molecule has 0 radical (unpaired) electrons. The fourth-order valence-electron chi connectivity index (χ4n) is 2.31. The number of anilines is 2. The van der Waals surface area contributed by atoms with E-state index < -0.39 is 11.8 Å². The van der Waals surface area contributed by atoms with Crippen LogP contribution in [0.4, 0.5) is 11.4 Å². The Labute approximate surface area is 130 Å². The van der Waals surface area contributed by atoms with E-state index in [9.17, 15) is 9.59 Å². The summed E-state index contributed by atoms with van der Waals surface area (Å²) < 4.78 is 0. The molecule has 114 valence electrons. The molecular weight excluding hydrogens is 276 g/mol. The normalized spacial score (nSPS) is 10.2. The Morgan fingerprint density at radius 1 is 0.773 bits per heavy atom. The van der Waals surface area contributed by atoms with Crippen LogP contribution in [-0.4, -0.2) is 11.8 Å². The molecule has 0 atom stereocenters. The fourth-order valence-corrected chi connectivity index (χ4v) is 2.31. The summed E-state index contributed by atoms with van der Waals surface area (Å²) in [6.45, 7) is 7.66. The highest BCUT2D eigenvalue weighted by Crippen LogP contribution is 2.20. The molecule has 4 heteroatoms. The van der Waals surface area contributed by atoms with Gasteiger partial charge in [0.05, 0.1) is 0 Å². The van der Waals surface area contributed by atoms with E-state index in [0.717, 1.165) is 22.3 Å². The Bertz CT molecular complexity index is 716. The Morgan fingerprint density at radius 2 is 1.36 bits per heavy atom. The molecule has 2 aromatic carbocycles. The van der Waals surface area contributed by atoms with Gasteiger partial charge in [-0.1, -0.05) is 35.9 Å². The van der Waals surface area contributed by atoms with Crippen LogP contribution in [0.15, 0.2) is 36.4 Å². The first-order valence-electron chi connectivity index (χ1n) is 7.14. The van der Waals surface area contributed by atoms with Crippen molar-refractivity contribution in [3.63, 3.8) is 0 Å². The van der Waals surface area contributed by atoms with Crippen LogP contribution in [-0.2, 0) is 9.59 Å². The van der Waals surface area contributed by atoms with Gasteiger partial charge in [-0.2, -0.15) is 0 Å². The summed E-state index contributed by atoms with van der Waals surface area (Å²) in [4.78, 5) is 24.1. The first-order valence-corrected chi connectivity index (χ1v) is 7.14. The fraction of sp³-hybridized carbons (Fsp3) is 0.222. The maximum Gasteiger partial charge on any atom is 0.314 e. The predicted octanol–water partition coefficient (Wildman–Crippen LogP) is 3.50. The lowest BCUT2D eigenvalue weighted by atomic mass is 10.1. The molecule has 0 fully saturated rings. The first kappa shape index (κ1) is 15.8. The van der Waals surface area contributed by atoms with Crippen LogP contribution in [0.1, 0.15) is 22.3 Å². The third-order valence-corrected chi connectivity index (χ3v) is 3.56. The molecule has 0 aliphatic rings. The average Bonchev–Trinajstić information content (AvgIpc) is 2.45. The summed E-state index contributed by atoms with van der Waals surface area (Å²) in [5, 5.41) is 5.32. The minimum atomic E-state index is -0.672. The summed E-state index contributed by atoms with van der Waals surface area (Å²) in [7, 11) is 0. The number of carbonyl (C=O) groups excluding carboxylic acids is 2. The summed E-state index contributed by atoms with van der Waals surface area (Å²) in [5.74, 6) is -1.34. The van der Waals surface area contributed by atoms with Gasteiger partial charge in [-0.3, -0.25) is 9.59 Å². The van der Waals surface area contributed by atoms with Crippen molar-refractivity contribution in [2.75, 3.05) is 10.6 Å². The van der Waals surface area contributed by atoms with E-state index in [2.05, 4.69) is 10.6 Å². The standard InChI is InChI=1S/C18H20N2O2/c1-11-8-9-15(14(4)10-11)19-17(21)18(22)20-16-12(2)6-5-7-13(16)3/h5-10H,1-4H3,(H,19,21)(H,20,22). The second-order valence-electron chi connectivity index (χ2n) is 5.49. The van der Waals surface area contributed by atoms with Crippen LogP contribution in [0.5, 0.6) is 0 Å². The van der Waals surface area contributed by atoms with Crippen LogP contribution in [0, 0.1) is 27.7 Å². The number of hydrogen-bond acceptors (Lipinski definition) is 2. The topological polar surface area (TPSA) is 58.2 Å². The van der Waals surface area contributed by atoms with Crippen molar-refractivity contribution in [2.24, 2.45) is 0 Å². The van der Waals surface area contributed by atoms with Gasteiger partial charge >= 0.3 is 11.8 Å². The Balaban J connectivity index is 2.11. The maximum atomic E-state index is 12.1. The second kappa shape index (κ2) is 6.43. The van der Waals surface area contributed by atoms with E-state index in [1.54, 1.807) is 6.07 Å². The molecule has 0 saturated carbocycles. The van der Waals surface area contributed by atoms with Crippen LogP contribution < -0.4 is 10.6 Å². The number of hydrogen-bond donors (Lipinski definition) is 2. The Hall–Kier alpha value is -2.62. The Morgan fingerprint density at radius 3 is 1.95 bits per heavy atom. The third-order valence-electron chi connectivity index (χ3n) is 3.56. The number of para-hydroxylation sites is 1. The van der Waals surface area contributed by atoms with Crippen molar-refractivity contribution in [2.45, 2.75) is 27.7 Å². The first-order chi connectivity index (χ1) is 10.4. The summed E-state index contributed by atoms with van der Waals surface area (Å²) in [5.41, 5.74) is 5.21. The van der Waals surface area contributed by atoms with Crippen LogP contribution in [0.3, 0.4) is 0 Å². The average molecular weight is 296 g/mol. The van der Waals surface area contributed by atoms with E-state index in [0.29, 0.717) is 11.4 Å². The van der Waals surface area contributed by atoms with Gasteiger partial charge < -0.3 is 10.6 Å². The molecular formula is C18H20N2O2. The molecule has 0 spiro atoms. The van der Waals surface area contributed by atoms with Crippen LogP contribution in [0.2, 0.25) is 0 Å². The van der Waals surface area contributed by atoms with Gasteiger partial charge in [0.15, 0.2) is 0 Å². The van der Waals surface area contributed by atoms with E-state index in [-0.39, 0.29) is 0 Å². The molecule has 2 aromatic rings. The monoisotopic (exact) mass is 296 g/mol. The molecule has 0 aliphatic heterocycles. The highest BCUT2D eigenvalue weighted by molar-refractivity contribution is 6.43. The molecule has 0 saturated heterocycles. The molecule has 2 amide bonds. The van der Waals surface area contributed by atoms with Crippen molar-refractivity contribution < 1.29 is 9.59 Å². The highest BCUT2D eigenvalue weighted by Gasteiger charge is 2.16. The molecule has 0 aromatic heterocycles. The quantitative estimate of drug-likeness (QED) is 0.833. The SMILES string of the molecule is Cc1ccc(NC(=O)C(=O)Nc2c(C)cccc2C)c(C)c1. The van der Waals surface area contributed by atoms with Crippen molar-refractivity contribution in [1.29, 1.82) is 0 Å². The van der Waals surface area contributed by atoms with Gasteiger partial charge in [0.2, 0.25) is 0 Å². The van der Waals surface area contributed by atoms with Crippen molar-refractivity contribution in [3.05, 3.63) is 58.7 Å². The Kier molecular flexibility index (Phi) is 4.61. The minimum absolute atomic E-state index is 0.646. The number of amides is 2. The molecule has 0 heterocycles. The van der Waals surface area contributed by atoms with Gasteiger partial charge in [0.1, 0.15) is 0 Å². The predicted molar refractivity (Wildman–Crippen MR) is 89.1 cm³/mol. The number of carbonyl (C=O) groups is 2. The van der Waals surface area contributed by atoms with Crippen LogP contribution >= 0.6 is 0 Å². The van der Waals surface area contributed by atoms with E-state index in [1.807, 2.05) is 58.0 Å². The number of aryl methyl sites for hydroxylation is 4. The molecule has 0 unspecified atom stereocenters. The number of rotatable bonds is 2. The van der Waals surface area contributed by atoms with Gasteiger partial charge in [-0.15, -0.1) is 0 Å².